The summed E-state index contributed by atoms with van der Waals surface area (Å²) in [6.07, 6.45) is 2.52. The number of hydrogen-bond donors (Lipinski definition) is 2. The van der Waals surface area contributed by atoms with Crippen molar-refractivity contribution < 1.29 is 4.79 Å². The van der Waals surface area contributed by atoms with Gasteiger partial charge in [-0.15, -0.1) is 0 Å². The summed E-state index contributed by atoms with van der Waals surface area (Å²) in [4.78, 5) is 13.9. The molecule has 0 aromatic heterocycles. The van der Waals surface area contributed by atoms with E-state index in [1.165, 1.54) is 0 Å². The van der Waals surface area contributed by atoms with Crippen molar-refractivity contribution >= 4 is 28.9 Å². The SMILES string of the molecule is CN(C)c1ccc(NC(=O)C2(N)CCC2)cc1Cl. The highest BCUT2D eigenvalue weighted by atomic mass is 35.5. The van der Waals surface area contributed by atoms with Gasteiger partial charge in [0.15, 0.2) is 0 Å². The summed E-state index contributed by atoms with van der Waals surface area (Å²) >= 11 is 6.15. The lowest BCUT2D eigenvalue weighted by Crippen LogP contribution is -2.56. The van der Waals surface area contributed by atoms with Gasteiger partial charge in [0.1, 0.15) is 0 Å². The van der Waals surface area contributed by atoms with Crippen LogP contribution in [0.3, 0.4) is 0 Å². The smallest absolute Gasteiger partial charge is 0.244 e. The molecule has 0 radical (unpaired) electrons. The average molecular weight is 268 g/mol. The molecule has 1 aromatic rings. The van der Waals surface area contributed by atoms with Crippen LogP contribution in [0.2, 0.25) is 5.02 Å². The molecule has 0 aliphatic heterocycles. The Morgan fingerprint density at radius 1 is 1.44 bits per heavy atom. The van der Waals surface area contributed by atoms with Crippen molar-refractivity contribution in [1.82, 2.24) is 0 Å². The Morgan fingerprint density at radius 2 is 2.11 bits per heavy atom. The van der Waals surface area contributed by atoms with Crippen molar-refractivity contribution in [2.75, 3.05) is 24.3 Å². The number of amides is 1. The molecule has 0 heterocycles. The second-order valence-electron chi connectivity index (χ2n) is 5.02. The molecule has 0 bridgehead atoms. The minimum absolute atomic E-state index is 0.123. The van der Waals surface area contributed by atoms with E-state index in [0.29, 0.717) is 10.7 Å². The van der Waals surface area contributed by atoms with Crippen LogP contribution >= 0.6 is 11.6 Å². The van der Waals surface area contributed by atoms with Crippen LogP contribution in [0, 0.1) is 0 Å². The highest BCUT2D eigenvalue weighted by molar-refractivity contribution is 6.33. The van der Waals surface area contributed by atoms with Gasteiger partial charge in [-0.3, -0.25) is 4.79 Å². The quantitative estimate of drug-likeness (QED) is 0.883. The highest BCUT2D eigenvalue weighted by Gasteiger charge is 2.40. The largest absolute Gasteiger partial charge is 0.376 e. The molecule has 0 spiro atoms. The van der Waals surface area contributed by atoms with Crippen LogP contribution in [0.25, 0.3) is 0 Å². The van der Waals surface area contributed by atoms with Crippen molar-refractivity contribution in [2.24, 2.45) is 5.73 Å². The molecule has 0 atom stereocenters. The van der Waals surface area contributed by atoms with E-state index >= 15 is 0 Å². The number of rotatable bonds is 3. The van der Waals surface area contributed by atoms with Gasteiger partial charge < -0.3 is 16.0 Å². The molecule has 1 amide bonds. The summed E-state index contributed by atoms with van der Waals surface area (Å²) in [6, 6.07) is 5.46. The minimum Gasteiger partial charge on any atom is -0.376 e. The molecule has 5 heteroatoms. The third-order valence-electron chi connectivity index (χ3n) is 3.39. The number of carbonyl (C=O) groups is 1. The molecule has 0 saturated heterocycles. The second-order valence-corrected chi connectivity index (χ2v) is 5.43. The molecule has 1 aliphatic rings. The van der Waals surface area contributed by atoms with E-state index in [0.717, 1.165) is 24.9 Å². The minimum atomic E-state index is -0.688. The van der Waals surface area contributed by atoms with E-state index in [1.807, 2.05) is 31.1 Å². The Balaban J connectivity index is 2.11. The molecule has 1 saturated carbocycles. The number of carbonyl (C=O) groups excluding carboxylic acids is 1. The van der Waals surface area contributed by atoms with Crippen LogP contribution in [0.15, 0.2) is 18.2 Å². The predicted octanol–water partition coefficient (Wildman–Crippen LogP) is 2.23. The van der Waals surface area contributed by atoms with E-state index in [2.05, 4.69) is 5.32 Å². The maximum Gasteiger partial charge on any atom is 0.244 e. The second kappa shape index (κ2) is 4.78. The van der Waals surface area contributed by atoms with E-state index in [1.54, 1.807) is 6.07 Å². The normalized spacial score (nSPS) is 16.9. The van der Waals surface area contributed by atoms with Gasteiger partial charge >= 0.3 is 0 Å². The summed E-state index contributed by atoms with van der Waals surface area (Å²) in [5.74, 6) is -0.123. The number of nitrogens with two attached hydrogens (primary N) is 1. The number of nitrogens with zero attached hydrogens (tertiary/aromatic N) is 1. The standard InChI is InChI=1S/C13H18ClN3O/c1-17(2)11-5-4-9(8-10(11)14)16-12(18)13(15)6-3-7-13/h4-5,8H,3,6-7,15H2,1-2H3,(H,16,18). The number of anilines is 2. The highest BCUT2D eigenvalue weighted by Crippen LogP contribution is 2.32. The van der Waals surface area contributed by atoms with E-state index in [-0.39, 0.29) is 5.91 Å². The Hall–Kier alpha value is -1.26. The first-order valence-electron chi connectivity index (χ1n) is 5.99. The van der Waals surface area contributed by atoms with Gasteiger partial charge in [0, 0.05) is 19.8 Å². The lowest BCUT2D eigenvalue weighted by Gasteiger charge is -2.36. The van der Waals surface area contributed by atoms with E-state index in [9.17, 15) is 4.79 Å². The zero-order valence-electron chi connectivity index (χ0n) is 10.7. The topological polar surface area (TPSA) is 58.4 Å². The van der Waals surface area contributed by atoms with Gasteiger partial charge in [0.25, 0.3) is 0 Å². The summed E-state index contributed by atoms with van der Waals surface area (Å²) in [5, 5.41) is 3.43. The number of hydrogen-bond acceptors (Lipinski definition) is 3. The van der Waals surface area contributed by atoms with Crippen LogP contribution in [0.1, 0.15) is 19.3 Å². The molecule has 18 heavy (non-hydrogen) atoms. The summed E-state index contributed by atoms with van der Waals surface area (Å²) in [7, 11) is 3.84. The van der Waals surface area contributed by atoms with E-state index < -0.39 is 5.54 Å². The maximum absolute atomic E-state index is 12.0. The van der Waals surface area contributed by atoms with Crippen molar-refractivity contribution in [1.29, 1.82) is 0 Å². The first kappa shape index (κ1) is 13.2. The average Bonchev–Trinajstić information content (AvgIpc) is 2.25. The van der Waals surface area contributed by atoms with Crippen LogP contribution in [-0.4, -0.2) is 25.5 Å². The Labute approximate surface area is 112 Å². The first-order valence-corrected chi connectivity index (χ1v) is 6.37. The summed E-state index contributed by atoms with van der Waals surface area (Å²) in [5.41, 5.74) is 6.87. The fourth-order valence-electron chi connectivity index (χ4n) is 1.99. The van der Waals surface area contributed by atoms with Crippen LogP contribution < -0.4 is 16.0 Å². The lowest BCUT2D eigenvalue weighted by atomic mass is 9.77. The van der Waals surface area contributed by atoms with Crippen molar-refractivity contribution in [3.05, 3.63) is 23.2 Å². The van der Waals surface area contributed by atoms with Crippen LogP contribution in [0.4, 0.5) is 11.4 Å². The Bertz CT molecular complexity index is 469. The number of benzene rings is 1. The van der Waals surface area contributed by atoms with Gasteiger partial charge in [0.05, 0.1) is 16.2 Å². The molecular weight excluding hydrogens is 250 g/mol. The molecule has 1 fully saturated rings. The van der Waals surface area contributed by atoms with Gasteiger partial charge in [-0.1, -0.05) is 11.6 Å². The van der Waals surface area contributed by atoms with Crippen molar-refractivity contribution in [3.8, 4) is 0 Å². The van der Waals surface area contributed by atoms with Gasteiger partial charge in [-0.25, -0.2) is 0 Å². The zero-order valence-corrected chi connectivity index (χ0v) is 11.4. The molecule has 3 N–H and O–H groups in total. The molecule has 1 aliphatic carbocycles. The Kier molecular flexibility index (Phi) is 3.50. The number of halogens is 1. The molecule has 98 valence electrons. The van der Waals surface area contributed by atoms with Gasteiger partial charge in [-0.05, 0) is 37.5 Å². The summed E-state index contributed by atoms with van der Waals surface area (Å²) in [6.45, 7) is 0. The van der Waals surface area contributed by atoms with Crippen molar-refractivity contribution in [2.45, 2.75) is 24.8 Å². The molecule has 4 nitrogen and oxygen atoms in total. The first-order chi connectivity index (χ1) is 8.42. The maximum atomic E-state index is 12.0. The fourth-order valence-corrected chi connectivity index (χ4v) is 2.34. The van der Waals surface area contributed by atoms with Crippen molar-refractivity contribution in [3.63, 3.8) is 0 Å². The Morgan fingerprint density at radius 3 is 2.56 bits per heavy atom. The lowest BCUT2D eigenvalue weighted by molar-refractivity contribution is -0.123. The number of nitrogens with one attached hydrogen (secondary N) is 1. The van der Waals surface area contributed by atoms with Gasteiger partial charge in [0.2, 0.25) is 5.91 Å². The monoisotopic (exact) mass is 267 g/mol. The van der Waals surface area contributed by atoms with Crippen LogP contribution in [-0.2, 0) is 4.79 Å². The third kappa shape index (κ3) is 2.44. The zero-order chi connectivity index (χ0) is 13.3. The molecule has 2 rings (SSSR count). The molecular formula is C13H18ClN3O. The molecule has 0 unspecified atom stereocenters. The fraction of sp³-hybridized carbons (Fsp3) is 0.462. The van der Waals surface area contributed by atoms with Gasteiger partial charge in [-0.2, -0.15) is 0 Å². The predicted molar refractivity (Wildman–Crippen MR) is 75.2 cm³/mol. The van der Waals surface area contributed by atoms with E-state index in [4.69, 9.17) is 17.3 Å². The molecule has 1 aromatic carbocycles. The van der Waals surface area contributed by atoms with Crippen LogP contribution in [0.5, 0.6) is 0 Å². The third-order valence-corrected chi connectivity index (χ3v) is 3.69. The summed E-state index contributed by atoms with van der Waals surface area (Å²) < 4.78 is 0.